The highest BCUT2D eigenvalue weighted by molar-refractivity contribution is 5.70. The van der Waals surface area contributed by atoms with E-state index in [1.165, 1.54) is 44.9 Å². The minimum absolute atomic E-state index is 0.0385. The van der Waals surface area contributed by atoms with Crippen molar-refractivity contribution in [3.63, 3.8) is 0 Å². The Hall–Kier alpha value is -0.530. The van der Waals surface area contributed by atoms with Crippen LogP contribution in [0.3, 0.4) is 0 Å². The van der Waals surface area contributed by atoms with Gasteiger partial charge in [0, 0.05) is 0 Å². The van der Waals surface area contributed by atoms with Gasteiger partial charge in [0.2, 0.25) is 0 Å². The lowest BCUT2D eigenvalue weighted by molar-refractivity contribution is -0.144. The van der Waals surface area contributed by atoms with Crippen LogP contribution in [0.25, 0.3) is 0 Å². The summed E-state index contributed by atoms with van der Waals surface area (Å²) in [6.07, 6.45) is 11.2. The summed E-state index contributed by atoms with van der Waals surface area (Å²) < 4.78 is 0. The average Bonchev–Trinajstić information content (AvgIpc) is 2.35. The molecule has 0 heterocycles. The maximum atomic E-state index is 11.0. The SMILES string of the molecule is CCCCC1CCC2C[C@H](C(=O)O)CC[C@@H]2C1. The first-order valence-electron chi connectivity index (χ1n) is 7.43. The summed E-state index contributed by atoms with van der Waals surface area (Å²) in [4.78, 5) is 11.0. The van der Waals surface area contributed by atoms with Crippen molar-refractivity contribution in [1.82, 2.24) is 0 Å². The number of unbranched alkanes of at least 4 members (excludes halogenated alkanes) is 1. The molecule has 2 saturated carbocycles. The molecule has 1 N–H and O–H groups in total. The molecule has 0 saturated heterocycles. The summed E-state index contributed by atoms with van der Waals surface area (Å²) in [5.74, 6) is 1.92. The third kappa shape index (κ3) is 3.23. The number of aliphatic carboxylic acids is 1. The molecule has 2 aliphatic rings. The molecule has 0 aromatic carbocycles. The molecule has 17 heavy (non-hydrogen) atoms. The predicted molar refractivity (Wildman–Crippen MR) is 68.8 cm³/mol. The van der Waals surface area contributed by atoms with E-state index in [-0.39, 0.29) is 5.92 Å². The van der Waals surface area contributed by atoms with Gasteiger partial charge < -0.3 is 5.11 Å². The van der Waals surface area contributed by atoms with Crippen molar-refractivity contribution in [2.24, 2.45) is 23.7 Å². The summed E-state index contributed by atoms with van der Waals surface area (Å²) in [5.41, 5.74) is 0. The minimum atomic E-state index is -0.559. The summed E-state index contributed by atoms with van der Waals surface area (Å²) in [7, 11) is 0. The van der Waals surface area contributed by atoms with Crippen molar-refractivity contribution in [2.45, 2.75) is 64.7 Å². The number of hydrogen-bond donors (Lipinski definition) is 1. The van der Waals surface area contributed by atoms with E-state index in [0.717, 1.165) is 30.6 Å². The highest BCUT2D eigenvalue weighted by Crippen LogP contribution is 2.45. The van der Waals surface area contributed by atoms with Crippen LogP contribution in [0, 0.1) is 23.7 Å². The van der Waals surface area contributed by atoms with E-state index >= 15 is 0 Å². The Morgan fingerprint density at radius 3 is 2.53 bits per heavy atom. The van der Waals surface area contributed by atoms with Gasteiger partial charge in [-0.3, -0.25) is 4.79 Å². The van der Waals surface area contributed by atoms with Crippen LogP contribution in [0.1, 0.15) is 64.7 Å². The van der Waals surface area contributed by atoms with Crippen molar-refractivity contribution >= 4 is 5.97 Å². The van der Waals surface area contributed by atoms with Gasteiger partial charge in [-0.05, 0) is 49.9 Å². The molecule has 98 valence electrons. The fourth-order valence-electron chi connectivity index (χ4n) is 3.97. The molecule has 4 atom stereocenters. The van der Waals surface area contributed by atoms with Gasteiger partial charge in [0.25, 0.3) is 0 Å². The van der Waals surface area contributed by atoms with Gasteiger partial charge in [-0.1, -0.05) is 32.6 Å². The van der Waals surface area contributed by atoms with Crippen LogP contribution in [-0.4, -0.2) is 11.1 Å². The molecule has 0 spiro atoms. The zero-order valence-electron chi connectivity index (χ0n) is 11.0. The first kappa shape index (κ1) is 12.9. The van der Waals surface area contributed by atoms with Gasteiger partial charge in [0.15, 0.2) is 0 Å². The van der Waals surface area contributed by atoms with Gasteiger partial charge in [-0.15, -0.1) is 0 Å². The number of fused-ring (bicyclic) bond motifs is 1. The molecule has 2 heteroatoms. The molecular formula is C15H26O2. The van der Waals surface area contributed by atoms with Crippen LogP contribution in [0.2, 0.25) is 0 Å². The van der Waals surface area contributed by atoms with Crippen molar-refractivity contribution < 1.29 is 9.90 Å². The van der Waals surface area contributed by atoms with Crippen molar-refractivity contribution in [2.75, 3.05) is 0 Å². The zero-order valence-corrected chi connectivity index (χ0v) is 11.0. The molecule has 2 unspecified atom stereocenters. The molecular weight excluding hydrogens is 212 g/mol. The summed E-state index contributed by atoms with van der Waals surface area (Å²) in [6.45, 7) is 2.27. The quantitative estimate of drug-likeness (QED) is 0.800. The maximum absolute atomic E-state index is 11.0. The van der Waals surface area contributed by atoms with Gasteiger partial charge in [0.1, 0.15) is 0 Å². The molecule has 2 rings (SSSR count). The summed E-state index contributed by atoms with van der Waals surface area (Å²) in [6, 6.07) is 0. The average molecular weight is 238 g/mol. The first-order valence-corrected chi connectivity index (χ1v) is 7.43. The maximum Gasteiger partial charge on any atom is 0.306 e. The van der Waals surface area contributed by atoms with Crippen molar-refractivity contribution in [1.29, 1.82) is 0 Å². The Bertz CT molecular complexity index is 262. The van der Waals surface area contributed by atoms with E-state index in [1.54, 1.807) is 0 Å². The second-order valence-electron chi connectivity index (χ2n) is 6.19. The van der Waals surface area contributed by atoms with Gasteiger partial charge >= 0.3 is 5.97 Å². The molecule has 2 nitrogen and oxygen atoms in total. The van der Waals surface area contributed by atoms with E-state index in [9.17, 15) is 4.79 Å². The lowest BCUT2D eigenvalue weighted by Crippen LogP contribution is -2.33. The predicted octanol–water partition coefficient (Wildman–Crippen LogP) is 4.09. The van der Waals surface area contributed by atoms with Crippen molar-refractivity contribution in [3.05, 3.63) is 0 Å². The Labute approximate surface area is 105 Å². The van der Waals surface area contributed by atoms with Gasteiger partial charge in [0.05, 0.1) is 5.92 Å². The molecule has 0 aromatic rings. The number of carboxylic acids is 1. The molecule has 0 amide bonds. The Morgan fingerprint density at radius 2 is 1.82 bits per heavy atom. The summed E-state index contributed by atoms with van der Waals surface area (Å²) in [5, 5.41) is 9.10. The van der Waals surface area contributed by atoms with Crippen LogP contribution >= 0.6 is 0 Å². The monoisotopic (exact) mass is 238 g/mol. The number of hydrogen-bond acceptors (Lipinski definition) is 1. The molecule has 0 radical (unpaired) electrons. The number of rotatable bonds is 4. The standard InChI is InChI=1S/C15H26O2/c1-2-3-4-11-5-6-13-10-14(15(16)17)8-7-12(13)9-11/h11-14H,2-10H2,1H3,(H,16,17)/t11?,12-,13?,14-/m1/s1. The highest BCUT2D eigenvalue weighted by atomic mass is 16.4. The lowest BCUT2D eigenvalue weighted by Gasteiger charge is -2.41. The third-order valence-electron chi connectivity index (χ3n) is 5.04. The Kier molecular flexibility index (Phi) is 4.47. The molecule has 0 bridgehead atoms. The Morgan fingerprint density at radius 1 is 1.12 bits per heavy atom. The van der Waals surface area contributed by atoms with E-state index in [2.05, 4.69) is 6.92 Å². The molecule has 0 aliphatic heterocycles. The van der Waals surface area contributed by atoms with E-state index in [1.807, 2.05) is 0 Å². The minimum Gasteiger partial charge on any atom is -0.481 e. The number of carboxylic acid groups (broad SMARTS) is 1. The topological polar surface area (TPSA) is 37.3 Å². The van der Waals surface area contributed by atoms with Crippen LogP contribution in [-0.2, 0) is 4.79 Å². The zero-order chi connectivity index (χ0) is 12.3. The number of carbonyl (C=O) groups is 1. The van der Waals surface area contributed by atoms with E-state index in [0.29, 0.717) is 0 Å². The van der Waals surface area contributed by atoms with Crippen LogP contribution in [0.15, 0.2) is 0 Å². The van der Waals surface area contributed by atoms with Gasteiger partial charge in [-0.25, -0.2) is 0 Å². The molecule has 0 aromatic heterocycles. The normalized spacial score (nSPS) is 37.5. The van der Waals surface area contributed by atoms with Gasteiger partial charge in [-0.2, -0.15) is 0 Å². The third-order valence-corrected chi connectivity index (χ3v) is 5.04. The molecule has 2 fully saturated rings. The van der Waals surface area contributed by atoms with Crippen LogP contribution in [0.5, 0.6) is 0 Å². The smallest absolute Gasteiger partial charge is 0.306 e. The Balaban J connectivity index is 1.82. The van der Waals surface area contributed by atoms with E-state index < -0.39 is 5.97 Å². The van der Waals surface area contributed by atoms with Crippen LogP contribution < -0.4 is 0 Å². The lowest BCUT2D eigenvalue weighted by atomic mass is 9.64. The second-order valence-corrected chi connectivity index (χ2v) is 6.19. The van der Waals surface area contributed by atoms with Crippen molar-refractivity contribution in [3.8, 4) is 0 Å². The fourth-order valence-corrected chi connectivity index (χ4v) is 3.97. The highest BCUT2D eigenvalue weighted by Gasteiger charge is 2.37. The fraction of sp³-hybridized carbons (Fsp3) is 0.933. The van der Waals surface area contributed by atoms with E-state index in [4.69, 9.17) is 5.11 Å². The second kappa shape index (κ2) is 5.88. The molecule has 2 aliphatic carbocycles. The first-order chi connectivity index (χ1) is 8.20. The largest absolute Gasteiger partial charge is 0.481 e. The summed E-state index contributed by atoms with van der Waals surface area (Å²) >= 11 is 0. The van der Waals surface area contributed by atoms with Crippen LogP contribution in [0.4, 0.5) is 0 Å².